The minimum absolute atomic E-state index is 0.00153. The number of anilines is 1. The molecular weight excluding hydrogens is 372 g/mol. The normalized spacial score (nSPS) is 14.3. The van der Waals surface area contributed by atoms with Gasteiger partial charge in [0.1, 0.15) is 11.4 Å². The summed E-state index contributed by atoms with van der Waals surface area (Å²) in [5, 5.41) is 17.6. The second kappa shape index (κ2) is 8.91. The van der Waals surface area contributed by atoms with Gasteiger partial charge < -0.3 is 20.3 Å². The maximum absolute atomic E-state index is 12.2. The predicted molar refractivity (Wildman–Crippen MR) is 111 cm³/mol. The summed E-state index contributed by atoms with van der Waals surface area (Å²) in [6.07, 6.45) is 1.93. The lowest BCUT2D eigenvalue weighted by molar-refractivity contribution is -0.384. The molecular formula is C21H26N4O4. The Hall–Kier alpha value is -3.13. The van der Waals surface area contributed by atoms with Gasteiger partial charge in [-0.25, -0.2) is 0 Å². The van der Waals surface area contributed by atoms with Crippen LogP contribution in [0, 0.1) is 10.1 Å². The van der Waals surface area contributed by atoms with Gasteiger partial charge in [0.2, 0.25) is 0 Å². The molecule has 0 heterocycles. The van der Waals surface area contributed by atoms with Gasteiger partial charge in [-0.1, -0.05) is 12.1 Å². The van der Waals surface area contributed by atoms with E-state index in [9.17, 15) is 14.9 Å². The zero-order chi connectivity index (χ0) is 21.0. The van der Waals surface area contributed by atoms with Crippen LogP contribution in [0.5, 0.6) is 5.75 Å². The highest BCUT2D eigenvalue weighted by Gasteiger charge is 2.25. The van der Waals surface area contributed by atoms with Crippen LogP contribution in [0.2, 0.25) is 0 Å². The zero-order valence-electron chi connectivity index (χ0n) is 16.8. The molecule has 1 amide bonds. The molecule has 1 aliphatic carbocycles. The van der Waals surface area contributed by atoms with Crippen molar-refractivity contribution in [2.45, 2.75) is 24.9 Å². The van der Waals surface area contributed by atoms with Crippen LogP contribution in [-0.4, -0.2) is 49.5 Å². The third-order valence-corrected chi connectivity index (χ3v) is 4.98. The molecule has 0 bridgehead atoms. The number of nitrogens with one attached hydrogen (secondary N) is 2. The topological polar surface area (TPSA) is 96.7 Å². The number of carbonyl (C=O) groups is 1. The molecule has 1 aliphatic rings. The Morgan fingerprint density at radius 1 is 1.24 bits per heavy atom. The van der Waals surface area contributed by atoms with E-state index in [1.807, 2.05) is 43.3 Å². The number of ether oxygens (including phenoxy) is 1. The van der Waals surface area contributed by atoms with Crippen molar-refractivity contribution in [1.82, 2.24) is 10.2 Å². The first-order valence-corrected chi connectivity index (χ1v) is 9.52. The third-order valence-electron chi connectivity index (χ3n) is 4.98. The van der Waals surface area contributed by atoms with Crippen LogP contribution in [-0.2, 0) is 0 Å². The molecule has 0 aromatic heterocycles. The number of hydrogen-bond acceptors (Lipinski definition) is 6. The first kappa shape index (κ1) is 20.6. The summed E-state index contributed by atoms with van der Waals surface area (Å²) in [6, 6.07) is 12.5. The van der Waals surface area contributed by atoms with E-state index in [4.69, 9.17) is 4.74 Å². The number of nitrogens with zero attached hydrogens (tertiary/aromatic N) is 2. The van der Waals surface area contributed by atoms with Gasteiger partial charge in [0.05, 0.1) is 18.1 Å². The lowest BCUT2D eigenvalue weighted by Crippen LogP contribution is -2.27. The highest BCUT2D eigenvalue weighted by molar-refractivity contribution is 5.96. The number of rotatable bonds is 9. The van der Waals surface area contributed by atoms with Gasteiger partial charge in [0.25, 0.3) is 11.6 Å². The van der Waals surface area contributed by atoms with Crippen LogP contribution in [0.25, 0.3) is 0 Å². The zero-order valence-corrected chi connectivity index (χ0v) is 16.8. The van der Waals surface area contributed by atoms with Crippen LogP contribution >= 0.6 is 0 Å². The SMILES string of the molecule is COc1ccc(C(CNc2ccc(C(=O)NC3CC3)cc2[N+](=O)[O-])N(C)C)cc1. The van der Waals surface area contributed by atoms with Crippen molar-refractivity contribution in [1.29, 1.82) is 0 Å². The Bertz CT molecular complexity index is 879. The Morgan fingerprint density at radius 3 is 2.48 bits per heavy atom. The van der Waals surface area contributed by atoms with E-state index >= 15 is 0 Å². The first-order chi connectivity index (χ1) is 13.9. The lowest BCUT2D eigenvalue weighted by atomic mass is 10.1. The number of carbonyl (C=O) groups excluding carboxylic acids is 1. The highest BCUT2D eigenvalue weighted by Crippen LogP contribution is 2.28. The average molecular weight is 398 g/mol. The standard InChI is InChI=1S/C21H26N4O4/c1-24(2)20(14-4-9-17(29-3)10-5-14)13-22-18-11-6-15(12-19(18)25(27)28)21(26)23-16-7-8-16/h4-6,9-12,16,20,22H,7-8,13H2,1-3H3,(H,23,26). The molecule has 1 fully saturated rings. The molecule has 1 unspecified atom stereocenters. The van der Waals surface area contributed by atoms with Gasteiger partial charge in [-0.15, -0.1) is 0 Å². The molecule has 0 radical (unpaired) electrons. The minimum Gasteiger partial charge on any atom is -0.497 e. The van der Waals surface area contributed by atoms with Crippen LogP contribution < -0.4 is 15.4 Å². The molecule has 2 aromatic carbocycles. The van der Waals surface area contributed by atoms with Gasteiger partial charge in [-0.05, 0) is 56.8 Å². The molecule has 2 N–H and O–H groups in total. The van der Waals surface area contributed by atoms with Crippen LogP contribution in [0.3, 0.4) is 0 Å². The molecule has 29 heavy (non-hydrogen) atoms. The molecule has 1 atom stereocenters. The summed E-state index contributed by atoms with van der Waals surface area (Å²) in [5.74, 6) is 0.501. The molecule has 0 spiro atoms. The fourth-order valence-corrected chi connectivity index (χ4v) is 3.10. The molecule has 2 aromatic rings. The average Bonchev–Trinajstić information content (AvgIpc) is 3.52. The highest BCUT2D eigenvalue weighted by atomic mass is 16.6. The summed E-state index contributed by atoms with van der Waals surface area (Å²) >= 11 is 0. The summed E-state index contributed by atoms with van der Waals surface area (Å²) in [4.78, 5) is 25.3. The quantitative estimate of drug-likeness (QED) is 0.497. The Balaban J connectivity index is 1.76. The Kier molecular flexibility index (Phi) is 6.33. The largest absolute Gasteiger partial charge is 0.497 e. The third kappa shape index (κ3) is 5.23. The van der Waals surface area contributed by atoms with Gasteiger partial charge >= 0.3 is 0 Å². The number of nitro groups is 1. The Morgan fingerprint density at radius 2 is 1.93 bits per heavy atom. The summed E-state index contributed by atoms with van der Waals surface area (Å²) < 4.78 is 5.20. The van der Waals surface area contributed by atoms with Crippen molar-refractivity contribution in [2.75, 3.05) is 33.1 Å². The monoisotopic (exact) mass is 398 g/mol. The molecule has 8 nitrogen and oxygen atoms in total. The maximum Gasteiger partial charge on any atom is 0.293 e. The number of amides is 1. The summed E-state index contributed by atoms with van der Waals surface area (Å²) in [6.45, 7) is 0.466. The fourth-order valence-electron chi connectivity index (χ4n) is 3.10. The summed E-state index contributed by atoms with van der Waals surface area (Å²) in [5.41, 5.74) is 1.64. The molecule has 0 saturated heterocycles. The van der Waals surface area contributed by atoms with Crippen molar-refractivity contribution in [3.8, 4) is 5.75 Å². The van der Waals surface area contributed by atoms with E-state index in [0.717, 1.165) is 24.2 Å². The molecule has 8 heteroatoms. The van der Waals surface area contributed by atoms with Gasteiger partial charge in [0, 0.05) is 24.2 Å². The van der Waals surface area contributed by atoms with Gasteiger partial charge in [-0.3, -0.25) is 14.9 Å². The van der Waals surface area contributed by atoms with Gasteiger partial charge in [-0.2, -0.15) is 0 Å². The molecule has 0 aliphatic heterocycles. The van der Waals surface area contributed by atoms with E-state index < -0.39 is 4.92 Å². The number of nitro benzene ring substituents is 1. The number of methoxy groups -OCH3 is 1. The number of likely N-dealkylation sites (N-methyl/N-ethyl adjacent to an activating group) is 1. The first-order valence-electron chi connectivity index (χ1n) is 9.52. The van der Waals surface area contributed by atoms with E-state index in [0.29, 0.717) is 17.8 Å². The lowest BCUT2D eigenvalue weighted by Gasteiger charge is -2.25. The van der Waals surface area contributed by atoms with E-state index in [2.05, 4.69) is 10.6 Å². The smallest absolute Gasteiger partial charge is 0.293 e. The second-order valence-electron chi connectivity index (χ2n) is 7.37. The van der Waals surface area contributed by atoms with Gasteiger partial charge in [0.15, 0.2) is 0 Å². The molecule has 1 saturated carbocycles. The van der Waals surface area contributed by atoms with Crippen molar-refractivity contribution >= 4 is 17.3 Å². The van der Waals surface area contributed by atoms with Crippen molar-refractivity contribution in [3.05, 3.63) is 63.7 Å². The van der Waals surface area contributed by atoms with E-state index in [1.54, 1.807) is 19.2 Å². The maximum atomic E-state index is 12.2. The molecule has 154 valence electrons. The van der Waals surface area contributed by atoms with Crippen molar-refractivity contribution in [3.63, 3.8) is 0 Å². The fraction of sp³-hybridized carbons (Fsp3) is 0.381. The van der Waals surface area contributed by atoms with E-state index in [1.165, 1.54) is 6.07 Å². The van der Waals surface area contributed by atoms with Crippen LogP contribution in [0.15, 0.2) is 42.5 Å². The summed E-state index contributed by atoms with van der Waals surface area (Å²) in [7, 11) is 5.53. The van der Waals surface area contributed by atoms with E-state index in [-0.39, 0.29) is 23.7 Å². The van der Waals surface area contributed by atoms with Crippen molar-refractivity contribution < 1.29 is 14.5 Å². The Labute approximate surface area is 170 Å². The predicted octanol–water partition coefficient (Wildman–Crippen LogP) is 3.21. The number of hydrogen-bond donors (Lipinski definition) is 2. The second-order valence-corrected chi connectivity index (χ2v) is 7.37. The van der Waals surface area contributed by atoms with Crippen LogP contribution in [0.4, 0.5) is 11.4 Å². The molecule has 3 rings (SSSR count). The number of benzene rings is 2. The minimum atomic E-state index is -0.464. The van der Waals surface area contributed by atoms with Crippen molar-refractivity contribution in [2.24, 2.45) is 0 Å². The van der Waals surface area contributed by atoms with Crippen LogP contribution in [0.1, 0.15) is 34.8 Å².